The first-order chi connectivity index (χ1) is 6.70. The van der Waals surface area contributed by atoms with Crippen molar-refractivity contribution in [1.29, 1.82) is 0 Å². The minimum atomic E-state index is 0.552. The van der Waals surface area contributed by atoms with Gasteiger partial charge in [-0.3, -0.25) is 0 Å². The quantitative estimate of drug-likeness (QED) is 0.758. The zero-order chi connectivity index (χ0) is 10.1. The molecule has 0 bridgehead atoms. The highest BCUT2D eigenvalue weighted by molar-refractivity contribution is 14.1. The maximum Gasteiger partial charge on any atom is 0.181 e. The number of halogens is 2. The van der Waals surface area contributed by atoms with E-state index >= 15 is 0 Å². The Morgan fingerprint density at radius 1 is 1.36 bits per heavy atom. The van der Waals surface area contributed by atoms with Crippen LogP contribution in [0.1, 0.15) is 5.69 Å². The predicted octanol–water partition coefficient (Wildman–Crippen LogP) is 2.50. The molecule has 0 atom stereocenters. The summed E-state index contributed by atoms with van der Waals surface area (Å²) in [5.74, 6) is 0.552. The molecule has 2 rings (SSSR count). The third-order valence-electron chi connectivity index (χ3n) is 1.77. The van der Waals surface area contributed by atoms with Gasteiger partial charge in [-0.25, -0.2) is 12.9 Å². The molecule has 0 aliphatic carbocycles. The second-order valence-corrected chi connectivity index (χ2v) is 3.97. The van der Waals surface area contributed by atoms with E-state index in [1.807, 2.05) is 6.92 Å². The lowest BCUT2D eigenvalue weighted by Crippen LogP contribution is -1.88. The van der Waals surface area contributed by atoms with Gasteiger partial charge in [0.1, 0.15) is 5.69 Å². The van der Waals surface area contributed by atoms with E-state index in [9.17, 15) is 0 Å². The molecule has 0 radical (unpaired) electrons. The molecule has 2 aromatic heterocycles. The Balaban J connectivity index is 2.58. The summed E-state index contributed by atoms with van der Waals surface area (Å²) in [4.78, 5) is 8.18. The van der Waals surface area contributed by atoms with E-state index < -0.39 is 0 Å². The van der Waals surface area contributed by atoms with Gasteiger partial charge in [0, 0.05) is 12.4 Å². The van der Waals surface area contributed by atoms with Crippen molar-refractivity contribution in [1.82, 2.24) is 18.0 Å². The summed E-state index contributed by atoms with van der Waals surface area (Å²) in [6.45, 7) is 1.90. The number of rotatable bonds is 1. The molecule has 0 N–H and O–H groups in total. The van der Waals surface area contributed by atoms with Crippen molar-refractivity contribution in [2.24, 2.45) is 0 Å². The average molecular weight is 321 g/mol. The molecule has 0 saturated heterocycles. The van der Waals surface area contributed by atoms with Crippen LogP contribution in [0.15, 0.2) is 18.5 Å². The van der Waals surface area contributed by atoms with Crippen LogP contribution in [-0.2, 0) is 0 Å². The molecule has 0 fully saturated rings. The Hall–Kier alpha value is -0.690. The predicted molar refractivity (Wildman–Crippen MR) is 62.4 cm³/mol. The van der Waals surface area contributed by atoms with E-state index in [1.165, 1.54) is 0 Å². The van der Waals surface area contributed by atoms with Gasteiger partial charge in [0.2, 0.25) is 0 Å². The van der Waals surface area contributed by atoms with Crippen molar-refractivity contribution in [3.05, 3.63) is 29.2 Å². The molecule has 0 saturated carbocycles. The fourth-order valence-electron chi connectivity index (χ4n) is 1.02. The third kappa shape index (κ3) is 1.61. The number of nitrogens with zero attached hydrogens (tertiary/aromatic N) is 4. The van der Waals surface area contributed by atoms with E-state index in [-0.39, 0.29) is 0 Å². The van der Waals surface area contributed by atoms with Crippen LogP contribution >= 0.6 is 34.5 Å². The van der Waals surface area contributed by atoms with Gasteiger partial charge >= 0.3 is 0 Å². The fourth-order valence-corrected chi connectivity index (χ4v) is 1.83. The summed E-state index contributed by atoms with van der Waals surface area (Å²) in [7, 11) is 0. The van der Waals surface area contributed by atoms with Crippen LogP contribution in [0.2, 0.25) is 5.02 Å². The molecule has 6 heteroatoms. The van der Waals surface area contributed by atoms with Crippen molar-refractivity contribution >= 4 is 34.5 Å². The first-order valence-electron chi connectivity index (χ1n) is 3.89. The van der Waals surface area contributed by atoms with Crippen LogP contribution in [0, 0.1) is 6.92 Å². The Morgan fingerprint density at radius 2 is 2.00 bits per heavy atom. The lowest BCUT2D eigenvalue weighted by Gasteiger charge is -1.92. The van der Waals surface area contributed by atoms with E-state index in [1.54, 1.807) is 21.4 Å². The van der Waals surface area contributed by atoms with Crippen LogP contribution in [-0.4, -0.2) is 18.0 Å². The molecule has 0 aliphatic rings. The topological polar surface area (TPSA) is 43.6 Å². The highest BCUT2D eigenvalue weighted by Crippen LogP contribution is 2.27. The standard InChI is InChI=1S/C8H6ClIN4/c1-5-6(9)7(13-14(5)10)8-11-3-2-4-12-8/h2-4H,1H3. The van der Waals surface area contributed by atoms with Gasteiger partial charge in [-0.1, -0.05) is 11.6 Å². The summed E-state index contributed by atoms with van der Waals surface area (Å²) in [5.41, 5.74) is 1.52. The lowest BCUT2D eigenvalue weighted by atomic mass is 10.3. The van der Waals surface area contributed by atoms with E-state index in [0.717, 1.165) is 5.69 Å². The van der Waals surface area contributed by atoms with Crippen LogP contribution in [0.5, 0.6) is 0 Å². The summed E-state index contributed by atoms with van der Waals surface area (Å²) in [5, 5.41) is 4.83. The van der Waals surface area contributed by atoms with Gasteiger partial charge in [0.15, 0.2) is 5.82 Å². The van der Waals surface area contributed by atoms with Crippen molar-refractivity contribution in [3.63, 3.8) is 0 Å². The van der Waals surface area contributed by atoms with Gasteiger partial charge in [0.25, 0.3) is 0 Å². The summed E-state index contributed by atoms with van der Waals surface area (Å²) in [6, 6.07) is 1.76. The molecule has 0 spiro atoms. The Morgan fingerprint density at radius 3 is 2.50 bits per heavy atom. The highest BCUT2D eigenvalue weighted by Gasteiger charge is 2.14. The van der Waals surface area contributed by atoms with Crippen molar-refractivity contribution < 1.29 is 0 Å². The van der Waals surface area contributed by atoms with E-state index in [0.29, 0.717) is 16.5 Å². The molecule has 0 aromatic carbocycles. The van der Waals surface area contributed by atoms with Crippen LogP contribution in [0.4, 0.5) is 0 Å². The van der Waals surface area contributed by atoms with Crippen LogP contribution in [0.25, 0.3) is 11.5 Å². The van der Waals surface area contributed by atoms with Crippen molar-refractivity contribution in [3.8, 4) is 11.5 Å². The fraction of sp³-hybridized carbons (Fsp3) is 0.125. The molecular weight excluding hydrogens is 314 g/mol. The third-order valence-corrected chi connectivity index (χ3v) is 3.16. The summed E-state index contributed by atoms with van der Waals surface area (Å²) >= 11 is 8.14. The Bertz CT molecular complexity index is 454. The molecule has 0 unspecified atom stereocenters. The molecule has 4 nitrogen and oxygen atoms in total. The van der Waals surface area contributed by atoms with E-state index in [4.69, 9.17) is 11.6 Å². The number of hydrogen-bond donors (Lipinski definition) is 0. The minimum Gasteiger partial charge on any atom is -0.235 e. The lowest BCUT2D eigenvalue weighted by molar-refractivity contribution is 1.00. The van der Waals surface area contributed by atoms with Gasteiger partial charge in [-0.15, -0.1) is 0 Å². The smallest absolute Gasteiger partial charge is 0.181 e. The molecule has 0 aliphatic heterocycles. The number of aromatic nitrogens is 4. The second-order valence-electron chi connectivity index (χ2n) is 2.68. The van der Waals surface area contributed by atoms with Crippen LogP contribution in [0.3, 0.4) is 0 Å². The molecule has 14 heavy (non-hydrogen) atoms. The second kappa shape index (κ2) is 3.82. The average Bonchev–Trinajstić information content (AvgIpc) is 2.47. The highest BCUT2D eigenvalue weighted by atomic mass is 127. The summed E-state index contributed by atoms with van der Waals surface area (Å²) in [6.07, 6.45) is 3.33. The zero-order valence-corrected chi connectivity index (χ0v) is 10.2. The summed E-state index contributed by atoms with van der Waals surface area (Å²) < 4.78 is 1.69. The number of hydrogen-bond acceptors (Lipinski definition) is 3. The van der Waals surface area contributed by atoms with E-state index in [2.05, 4.69) is 37.9 Å². The largest absolute Gasteiger partial charge is 0.235 e. The molecule has 2 heterocycles. The van der Waals surface area contributed by atoms with Gasteiger partial charge < -0.3 is 0 Å². The molecule has 72 valence electrons. The SMILES string of the molecule is Cc1c(Cl)c(-c2ncccn2)nn1I. The van der Waals surface area contributed by atoms with Crippen molar-refractivity contribution in [2.45, 2.75) is 6.92 Å². The Kier molecular flexibility index (Phi) is 2.69. The maximum atomic E-state index is 6.08. The minimum absolute atomic E-state index is 0.552. The molecule has 0 amide bonds. The van der Waals surface area contributed by atoms with Crippen LogP contribution < -0.4 is 0 Å². The first kappa shape index (κ1) is 9.85. The van der Waals surface area contributed by atoms with Gasteiger partial charge in [-0.05, 0) is 13.0 Å². The van der Waals surface area contributed by atoms with Gasteiger partial charge in [0.05, 0.1) is 33.6 Å². The maximum absolute atomic E-state index is 6.08. The van der Waals surface area contributed by atoms with Gasteiger partial charge in [-0.2, -0.15) is 5.10 Å². The zero-order valence-electron chi connectivity index (χ0n) is 7.28. The normalized spacial score (nSPS) is 10.5. The molecular formula is C8H6ClIN4. The van der Waals surface area contributed by atoms with Crippen molar-refractivity contribution in [2.75, 3.05) is 0 Å². The monoisotopic (exact) mass is 320 g/mol. The Labute approximate surface area is 99.8 Å². The molecule has 2 aromatic rings. The first-order valence-corrected chi connectivity index (χ1v) is 5.23.